The van der Waals surface area contributed by atoms with E-state index < -0.39 is 0 Å². The third-order valence-corrected chi connectivity index (χ3v) is 3.53. The highest BCUT2D eigenvalue weighted by atomic mass is 32.1. The molecule has 2 aromatic heterocycles. The van der Waals surface area contributed by atoms with Crippen LogP contribution in [0.15, 0.2) is 11.4 Å². The second-order valence-corrected chi connectivity index (χ2v) is 4.35. The molecular formula is C10H10N2S. The quantitative estimate of drug-likeness (QED) is 0.692. The van der Waals surface area contributed by atoms with Gasteiger partial charge in [-0.3, -0.25) is 0 Å². The summed E-state index contributed by atoms with van der Waals surface area (Å²) in [6.07, 6.45) is 3.57. The molecule has 0 fully saturated rings. The van der Waals surface area contributed by atoms with E-state index in [-0.39, 0.29) is 0 Å². The fourth-order valence-electron chi connectivity index (χ4n) is 1.93. The van der Waals surface area contributed by atoms with Crippen molar-refractivity contribution in [3.63, 3.8) is 0 Å². The maximum Gasteiger partial charge on any atom is 0.125 e. The predicted molar refractivity (Wildman–Crippen MR) is 56.1 cm³/mol. The zero-order valence-electron chi connectivity index (χ0n) is 7.21. The molecule has 2 N–H and O–H groups in total. The lowest BCUT2D eigenvalue weighted by Gasteiger charge is -1.98. The highest BCUT2D eigenvalue weighted by molar-refractivity contribution is 7.17. The number of rotatable bonds is 0. The summed E-state index contributed by atoms with van der Waals surface area (Å²) in [4.78, 5) is 5.71. The Kier molecular flexibility index (Phi) is 1.38. The minimum atomic E-state index is 0.877. The van der Waals surface area contributed by atoms with Gasteiger partial charge in [0.2, 0.25) is 0 Å². The number of nitrogens with zero attached hydrogens (tertiary/aromatic N) is 1. The number of nitrogens with two attached hydrogens (primary N) is 1. The molecule has 13 heavy (non-hydrogen) atoms. The molecule has 0 unspecified atom stereocenters. The van der Waals surface area contributed by atoms with Crippen LogP contribution in [0.25, 0.3) is 10.2 Å². The third-order valence-electron chi connectivity index (χ3n) is 2.62. The Morgan fingerprint density at radius 1 is 1.38 bits per heavy atom. The highest BCUT2D eigenvalue weighted by Crippen LogP contribution is 2.31. The summed E-state index contributed by atoms with van der Waals surface area (Å²) in [7, 11) is 0. The summed E-state index contributed by atoms with van der Waals surface area (Å²) < 4.78 is 0. The van der Waals surface area contributed by atoms with Gasteiger partial charge in [-0.05, 0) is 30.9 Å². The topological polar surface area (TPSA) is 38.9 Å². The van der Waals surface area contributed by atoms with Crippen LogP contribution in [0, 0.1) is 0 Å². The summed E-state index contributed by atoms with van der Waals surface area (Å²) in [5.41, 5.74) is 9.40. The number of hydrogen-bond donors (Lipinski definition) is 1. The summed E-state index contributed by atoms with van der Waals surface area (Å²) in [5.74, 6) is 0. The van der Waals surface area contributed by atoms with Gasteiger partial charge in [0, 0.05) is 16.5 Å². The van der Waals surface area contributed by atoms with Crippen molar-refractivity contribution in [2.75, 3.05) is 5.73 Å². The Hall–Kier alpha value is -1.09. The minimum Gasteiger partial charge on any atom is -0.398 e. The summed E-state index contributed by atoms with van der Waals surface area (Å²) in [5, 5.41) is 3.12. The van der Waals surface area contributed by atoms with E-state index in [1.807, 2.05) is 5.38 Å². The Morgan fingerprint density at radius 3 is 3.23 bits per heavy atom. The average Bonchev–Trinajstić information content (AvgIpc) is 2.70. The maximum atomic E-state index is 5.84. The van der Waals surface area contributed by atoms with Crippen LogP contribution in [0.4, 0.5) is 5.69 Å². The van der Waals surface area contributed by atoms with Crippen molar-refractivity contribution >= 4 is 27.2 Å². The molecule has 3 rings (SSSR count). The molecule has 2 nitrogen and oxygen atoms in total. The number of fused-ring (bicyclic) bond motifs is 2. The molecule has 0 aromatic carbocycles. The molecule has 2 heterocycles. The van der Waals surface area contributed by atoms with Gasteiger partial charge in [-0.1, -0.05) is 0 Å². The molecule has 0 atom stereocenters. The van der Waals surface area contributed by atoms with Gasteiger partial charge in [0.25, 0.3) is 0 Å². The zero-order valence-corrected chi connectivity index (χ0v) is 8.03. The van der Waals surface area contributed by atoms with E-state index >= 15 is 0 Å². The molecule has 0 bridgehead atoms. The van der Waals surface area contributed by atoms with Crippen LogP contribution < -0.4 is 5.73 Å². The number of anilines is 1. The van der Waals surface area contributed by atoms with E-state index in [0.717, 1.165) is 22.3 Å². The van der Waals surface area contributed by atoms with Crippen LogP contribution >= 0.6 is 11.3 Å². The Morgan fingerprint density at radius 2 is 2.31 bits per heavy atom. The largest absolute Gasteiger partial charge is 0.398 e. The average molecular weight is 190 g/mol. The Bertz CT molecular complexity index is 473. The Labute approximate surface area is 80.4 Å². The molecular weight excluding hydrogens is 180 g/mol. The van der Waals surface area contributed by atoms with Crippen molar-refractivity contribution in [3.05, 3.63) is 22.7 Å². The lowest BCUT2D eigenvalue weighted by Crippen LogP contribution is -1.88. The molecule has 0 amide bonds. The first-order valence-electron chi connectivity index (χ1n) is 4.50. The zero-order chi connectivity index (χ0) is 8.84. The fourth-order valence-corrected chi connectivity index (χ4v) is 2.76. The van der Waals surface area contributed by atoms with Crippen molar-refractivity contribution < 1.29 is 0 Å². The van der Waals surface area contributed by atoms with Gasteiger partial charge in [-0.25, -0.2) is 4.98 Å². The number of hydrogen-bond acceptors (Lipinski definition) is 3. The van der Waals surface area contributed by atoms with Gasteiger partial charge in [0.05, 0.1) is 5.69 Å². The van der Waals surface area contributed by atoms with Gasteiger partial charge in [-0.15, -0.1) is 11.3 Å². The van der Waals surface area contributed by atoms with Crippen LogP contribution in [0.3, 0.4) is 0 Å². The van der Waals surface area contributed by atoms with Gasteiger partial charge in [0.1, 0.15) is 4.83 Å². The van der Waals surface area contributed by atoms with Crippen molar-refractivity contribution in [3.8, 4) is 0 Å². The lowest BCUT2D eigenvalue weighted by molar-refractivity contribution is 0.901. The normalized spacial score (nSPS) is 15.1. The highest BCUT2D eigenvalue weighted by Gasteiger charge is 2.14. The van der Waals surface area contributed by atoms with E-state index in [1.54, 1.807) is 11.3 Å². The van der Waals surface area contributed by atoms with Crippen molar-refractivity contribution in [1.82, 2.24) is 4.98 Å². The van der Waals surface area contributed by atoms with E-state index in [1.165, 1.54) is 24.1 Å². The van der Waals surface area contributed by atoms with Gasteiger partial charge >= 0.3 is 0 Å². The van der Waals surface area contributed by atoms with Gasteiger partial charge in [-0.2, -0.15) is 0 Å². The minimum absolute atomic E-state index is 0.877. The molecule has 1 aliphatic carbocycles. The van der Waals surface area contributed by atoms with Crippen LogP contribution in [0.5, 0.6) is 0 Å². The SMILES string of the molecule is Nc1csc2nc3c(cc12)CCC3. The van der Waals surface area contributed by atoms with E-state index in [4.69, 9.17) is 5.73 Å². The molecule has 2 aromatic rings. The fraction of sp³-hybridized carbons (Fsp3) is 0.300. The Balaban J connectivity index is 2.38. The molecule has 0 saturated heterocycles. The van der Waals surface area contributed by atoms with Crippen LogP contribution in [-0.4, -0.2) is 4.98 Å². The van der Waals surface area contributed by atoms with Crippen molar-refractivity contribution in [2.45, 2.75) is 19.3 Å². The second-order valence-electron chi connectivity index (χ2n) is 3.49. The van der Waals surface area contributed by atoms with Crippen LogP contribution in [-0.2, 0) is 12.8 Å². The number of aromatic nitrogens is 1. The van der Waals surface area contributed by atoms with Crippen molar-refractivity contribution in [1.29, 1.82) is 0 Å². The van der Waals surface area contributed by atoms with Crippen LogP contribution in [0.2, 0.25) is 0 Å². The molecule has 3 heteroatoms. The van der Waals surface area contributed by atoms with E-state index in [2.05, 4.69) is 11.1 Å². The van der Waals surface area contributed by atoms with Gasteiger partial charge in [0.15, 0.2) is 0 Å². The second kappa shape index (κ2) is 2.45. The first kappa shape index (κ1) is 7.33. The standard InChI is InChI=1S/C10H10N2S/c11-8-5-13-10-7(8)4-6-2-1-3-9(6)12-10/h4-5H,1-3,11H2. The first-order valence-corrected chi connectivity index (χ1v) is 5.38. The number of nitrogen functional groups attached to an aromatic ring is 1. The summed E-state index contributed by atoms with van der Waals surface area (Å²) in [6.45, 7) is 0. The van der Waals surface area contributed by atoms with Gasteiger partial charge < -0.3 is 5.73 Å². The number of pyridine rings is 1. The maximum absolute atomic E-state index is 5.84. The summed E-state index contributed by atoms with van der Waals surface area (Å²) >= 11 is 1.64. The van der Waals surface area contributed by atoms with E-state index in [0.29, 0.717) is 0 Å². The first-order chi connectivity index (χ1) is 6.34. The van der Waals surface area contributed by atoms with E-state index in [9.17, 15) is 0 Å². The summed E-state index contributed by atoms with van der Waals surface area (Å²) in [6, 6.07) is 2.22. The molecule has 0 radical (unpaired) electrons. The smallest absolute Gasteiger partial charge is 0.125 e. The molecule has 66 valence electrons. The van der Waals surface area contributed by atoms with Crippen molar-refractivity contribution in [2.24, 2.45) is 0 Å². The lowest BCUT2D eigenvalue weighted by atomic mass is 10.2. The number of thiophene rings is 1. The molecule has 0 aliphatic heterocycles. The molecule has 1 aliphatic rings. The molecule has 0 spiro atoms. The predicted octanol–water partition coefficient (Wildman–Crippen LogP) is 2.37. The third kappa shape index (κ3) is 0.968. The number of aryl methyl sites for hydroxylation is 2. The van der Waals surface area contributed by atoms with Crippen LogP contribution in [0.1, 0.15) is 17.7 Å². The monoisotopic (exact) mass is 190 g/mol. The molecule has 0 saturated carbocycles.